The normalized spacial score (nSPS) is 22.9. The molecule has 1 saturated heterocycles. The summed E-state index contributed by atoms with van der Waals surface area (Å²) in [5, 5.41) is 2.96. The van der Waals surface area contributed by atoms with Crippen LogP contribution < -0.4 is 11.1 Å². The van der Waals surface area contributed by atoms with E-state index in [0.29, 0.717) is 25.2 Å². The molecule has 110 valence electrons. The monoisotopic (exact) mass is 275 g/mol. The Hall–Kier alpha value is -1.39. The molecule has 4 nitrogen and oxygen atoms in total. The zero-order chi connectivity index (χ0) is 14.5. The highest BCUT2D eigenvalue weighted by Gasteiger charge is 2.30. The Balaban J connectivity index is 1.91. The first-order valence-corrected chi connectivity index (χ1v) is 7.48. The molecule has 1 aromatic rings. The first-order chi connectivity index (χ1) is 9.63. The van der Waals surface area contributed by atoms with Crippen molar-refractivity contribution in [3.05, 3.63) is 29.8 Å². The molecule has 1 aromatic carbocycles. The van der Waals surface area contributed by atoms with Crippen LogP contribution in [0, 0.1) is 0 Å². The quantitative estimate of drug-likeness (QED) is 0.867. The minimum absolute atomic E-state index is 0.0673. The van der Waals surface area contributed by atoms with Crippen molar-refractivity contribution in [2.24, 2.45) is 5.73 Å². The zero-order valence-corrected chi connectivity index (χ0v) is 12.4. The van der Waals surface area contributed by atoms with Gasteiger partial charge < -0.3 is 11.1 Å². The molecule has 0 radical (unpaired) electrons. The van der Waals surface area contributed by atoms with Gasteiger partial charge in [0.2, 0.25) is 5.91 Å². The molecule has 0 aliphatic carbocycles. The lowest BCUT2D eigenvalue weighted by Gasteiger charge is -2.26. The molecule has 1 heterocycles. The molecule has 1 amide bonds. The number of likely N-dealkylation sites (tertiary alicyclic amines) is 1. The minimum atomic E-state index is 0.0673. The van der Waals surface area contributed by atoms with E-state index < -0.39 is 0 Å². The van der Waals surface area contributed by atoms with E-state index in [1.165, 1.54) is 12.8 Å². The van der Waals surface area contributed by atoms with Gasteiger partial charge in [-0.2, -0.15) is 0 Å². The largest absolute Gasteiger partial charge is 0.326 e. The average molecular weight is 275 g/mol. The van der Waals surface area contributed by atoms with Crippen LogP contribution in [-0.2, 0) is 11.3 Å². The molecule has 2 rings (SSSR count). The van der Waals surface area contributed by atoms with Crippen LogP contribution in [0.3, 0.4) is 0 Å². The van der Waals surface area contributed by atoms with Gasteiger partial charge in [-0.25, -0.2) is 0 Å². The van der Waals surface area contributed by atoms with Gasteiger partial charge in [0.25, 0.3) is 0 Å². The predicted octanol–water partition coefficient (Wildman–Crippen LogP) is 2.35. The van der Waals surface area contributed by atoms with Crippen molar-refractivity contribution in [3.63, 3.8) is 0 Å². The molecule has 0 spiro atoms. The standard InChI is InChI=1S/C16H25N3O/c1-3-15-9-4-12(2)19(15)11-16(20)18-14-7-5-13(10-17)6-8-14/h5-8,12,15H,3-4,9-11,17H2,1-2H3,(H,18,20). The molecule has 0 bridgehead atoms. The van der Waals surface area contributed by atoms with Crippen molar-refractivity contribution in [3.8, 4) is 0 Å². The van der Waals surface area contributed by atoms with Gasteiger partial charge in [-0.3, -0.25) is 9.69 Å². The highest BCUT2D eigenvalue weighted by atomic mass is 16.2. The number of hydrogen-bond acceptors (Lipinski definition) is 3. The van der Waals surface area contributed by atoms with Gasteiger partial charge in [0, 0.05) is 24.3 Å². The number of benzene rings is 1. The molecule has 2 unspecified atom stereocenters. The smallest absolute Gasteiger partial charge is 0.238 e. The topological polar surface area (TPSA) is 58.4 Å². The van der Waals surface area contributed by atoms with Crippen molar-refractivity contribution in [2.75, 3.05) is 11.9 Å². The van der Waals surface area contributed by atoms with Gasteiger partial charge in [-0.05, 0) is 43.9 Å². The van der Waals surface area contributed by atoms with E-state index in [-0.39, 0.29) is 5.91 Å². The zero-order valence-electron chi connectivity index (χ0n) is 12.4. The van der Waals surface area contributed by atoms with E-state index in [4.69, 9.17) is 5.73 Å². The van der Waals surface area contributed by atoms with Crippen LogP contribution in [0.2, 0.25) is 0 Å². The number of carbonyl (C=O) groups excluding carboxylic acids is 1. The second-order valence-corrected chi connectivity index (χ2v) is 5.61. The van der Waals surface area contributed by atoms with Crippen LogP contribution >= 0.6 is 0 Å². The maximum atomic E-state index is 12.2. The molecule has 1 aliphatic heterocycles. The van der Waals surface area contributed by atoms with E-state index in [9.17, 15) is 4.79 Å². The van der Waals surface area contributed by atoms with E-state index in [1.54, 1.807) is 0 Å². The second kappa shape index (κ2) is 6.86. The lowest BCUT2D eigenvalue weighted by atomic mass is 10.1. The summed E-state index contributed by atoms with van der Waals surface area (Å²) in [7, 11) is 0. The average Bonchev–Trinajstić information content (AvgIpc) is 2.80. The van der Waals surface area contributed by atoms with E-state index in [2.05, 4.69) is 24.1 Å². The van der Waals surface area contributed by atoms with Crippen LogP contribution in [0.15, 0.2) is 24.3 Å². The van der Waals surface area contributed by atoms with Gasteiger partial charge >= 0.3 is 0 Å². The number of nitrogens with two attached hydrogens (primary N) is 1. The third kappa shape index (κ3) is 3.58. The molecule has 4 heteroatoms. The molecular weight excluding hydrogens is 250 g/mol. The van der Waals surface area contributed by atoms with Crippen LogP contribution in [-0.4, -0.2) is 29.4 Å². The molecule has 1 fully saturated rings. The lowest BCUT2D eigenvalue weighted by molar-refractivity contribution is -0.118. The van der Waals surface area contributed by atoms with Crippen LogP contribution in [0.25, 0.3) is 0 Å². The van der Waals surface area contributed by atoms with Gasteiger partial charge in [-0.1, -0.05) is 19.1 Å². The highest BCUT2D eigenvalue weighted by molar-refractivity contribution is 5.92. The Kier molecular flexibility index (Phi) is 5.15. The Morgan fingerprint density at radius 3 is 2.65 bits per heavy atom. The Morgan fingerprint density at radius 1 is 1.35 bits per heavy atom. The fourth-order valence-electron chi connectivity index (χ4n) is 2.94. The molecule has 0 saturated carbocycles. The van der Waals surface area contributed by atoms with Crippen molar-refractivity contribution in [1.82, 2.24) is 4.90 Å². The number of rotatable bonds is 5. The maximum absolute atomic E-state index is 12.2. The van der Waals surface area contributed by atoms with Crippen molar-refractivity contribution in [1.29, 1.82) is 0 Å². The summed E-state index contributed by atoms with van der Waals surface area (Å²) < 4.78 is 0. The maximum Gasteiger partial charge on any atom is 0.238 e. The summed E-state index contributed by atoms with van der Waals surface area (Å²) in [6.07, 6.45) is 3.51. The van der Waals surface area contributed by atoms with Crippen molar-refractivity contribution < 1.29 is 4.79 Å². The first kappa shape index (κ1) is 15.0. The molecule has 1 aliphatic rings. The number of carbonyl (C=O) groups is 1. The van der Waals surface area contributed by atoms with Crippen LogP contribution in [0.4, 0.5) is 5.69 Å². The fourth-order valence-corrected chi connectivity index (χ4v) is 2.94. The summed E-state index contributed by atoms with van der Waals surface area (Å²) >= 11 is 0. The van der Waals surface area contributed by atoms with Gasteiger partial charge in [0.15, 0.2) is 0 Å². The number of amides is 1. The summed E-state index contributed by atoms with van der Waals surface area (Å²) in [4.78, 5) is 14.5. The van der Waals surface area contributed by atoms with Gasteiger partial charge in [0.05, 0.1) is 6.54 Å². The molecule has 0 aromatic heterocycles. The number of anilines is 1. The van der Waals surface area contributed by atoms with E-state index in [1.807, 2.05) is 24.3 Å². The number of hydrogen-bond donors (Lipinski definition) is 2. The summed E-state index contributed by atoms with van der Waals surface area (Å²) in [6, 6.07) is 8.77. The Bertz CT molecular complexity index is 444. The summed E-state index contributed by atoms with van der Waals surface area (Å²) in [5.74, 6) is 0.0673. The third-order valence-corrected chi connectivity index (χ3v) is 4.22. The summed E-state index contributed by atoms with van der Waals surface area (Å²) in [6.45, 7) is 5.41. The molecule has 2 atom stereocenters. The van der Waals surface area contributed by atoms with E-state index >= 15 is 0 Å². The highest BCUT2D eigenvalue weighted by Crippen LogP contribution is 2.25. The van der Waals surface area contributed by atoms with Gasteiger partial charge in [0.1, 0.15) is 0 Å². The second-order valence-electron chi connectivity index (χ2n) is 5.61. The SMILES string of the molecule is CCC1CCC(C)N1CC(=O)Nc1ccc(CN)cc1. The minimum Gasteiger partial charge on any atom is -0.326 e. The lowest BCUT2D eigenvalue weighted by Crippen LogP contribution is -2.40. The number of nitrogens with one attached hydrogen (secondary N) is 1. The van der Waals surface area contributed by atoms with Crippen molar-refractivity contribution >= 4 is 11.6 Å². The van der Waals surface area contributed by atoms with E-state index in [0.717, 1.165) is 17.7 Å². The number of nitrogens with zero attached hydrogens (tertiary/aromatic N) is 1. The van der Waals surface area contributed by atoms with Gasteiger partial charge in [-0.15, -0.1) is 0 Å². The van der Waals surface area contributed by atoms with Crippen LogP contribution in [0.5, 0.6) is 0 Å². The molecule has 3 N–H and O–H groups in total. The first-order valence-electron chi connectivity index (χ1n) is 7.48. The fraction of sp³-hybridized carbons (Fsp3) is 0.562. The summed E-state index contributed by atoms with van der Waals surface area (Å²) in [5.41, 5.74) is 7.47. The molecular formula is C16H25N3O. The predicted molar refractivity (Wildman–Crippen MR) is 82.4 cm³/mol. The van der Waals surface area contributed by atoms with Crippen molar-refractivity contribution in [2.45, 2.75) is 51.7 Å². The third-order valence-electron chi connectivity index (χ3n) is 4.22. The Morgan fingerprint density at radius 2 is 2.05 bits per heavy atom. The Labute approximate surface area is 121 Å². The molecule has 20 heavy (non-hydrogen) atoms. The van der Waals surface area contributed by atoms with Crippen LogP contribution in [0.1, 0.15) is 38.7 Å².